The van der Waals surface area contributed by atoms with Crippen LogP contribution in [0.1, 0.15) is 18.5 Å². The molecule has 20 heavy (non-hydrogen) atoms. The Balaban J connectivity index is 2.27. The smallest absolute Gasteiger partial charge is 0.141 e. The molecule has 0 aliphatic carbocycles. The lowest BCUT2D eigenvalue weighted by molar-refractivity contribution is 0.626. The van der Waals surface area contributed by atoms with Gasteiger partial charge in [-0.1, -0.05) is 40.9 Å². The van der Waals surface area contributed by atoms with Gasteiger partial charge in [0.15, 0.2) is 0 Å². The fourth-order valence-electron chi connectivity index (χ4n) is 1.76. The van der Waals surface area contributed by atoms with Gasteiger partial charge in [-0.15, -0.1) is 0 Å². The fourth-order valence-corrected chi connectivity index (χ4v) is 2.52. The summed E-state index contributed by atoms with van der Waals surface area (Å²) in [7, 11) is 0. The second-order valence-corrected chi connectivity index (χ2v) is 5.51. The van der Waals surface area contributed by atoms with Gasteiger partial charge in [0, 0.05) is 6.04 Å². The van der Waals surface area contributed by atoms with E-state index in [9.17, 15) is 8.78 Å². The average Bonchev–Trinajstić information content (AvgIpc) is 2.36. The molecule has 0 bridgehead atoms. The predicted octanol–water partition coefficient (Wildman–Crippen LogP) is 6.10. The zero-order valence-corrected chi connectivity index (χ0v) is 12.6. The van der Waals surface area contributed by atoms with Crippen LogP contribution in [0.15, 0.2) is 30.3 Å². The van der Waals surface area contributed by atoms with Gasteiger partial charge in [-0.2, -0.15) is 0 Å². The van der Waals surface area contributed by atoms with Gasteiger partial charge in [-0.3, -0.25) is 0 Å². The molecule has 1 unspecified atom stereocenters. The Morgan fingerprint density at radius 3 is 2.10 bits per heavy atom. The maximum atomic E-state index is 13.1. The molecule has 0 amide bonds. The van der Waals surface area contributed by atoms with Gasteiger partial charge < -0.3 is 5.32 Å². The first-order valence-electron chi connectivity index (χ1n) is 5.74. The lowest BCUT2D eigenvalue weighted by Gasteiger charge is -2.18. The number of hydrogen-bond acceptors (Lipinski definition) is 1. The maximum absolute atomic E-state index is 13.1. The van der Waals surface area contributed by atoms with E-state index in [0.29, 0.717) is 5.69 Å². The second-order valence-electron chi connectivity index (χ2n) is 4.28. The minimum atomic E-state index is -0.511. The molecular formula is C14H10Cl3F2N. The molecule has 0 heterocycles. The fraction of sp³-hybridized carbons (Fsp3) is 0.143. The lowest BCUT2D eigenvalue weighted by Crippen LogP contribution is -2.08. The van der Waals surface area contributed by atoms with Gasteiger partial charge in [0.1, 0.15) is 11.6 Å². The van der Waals surface area contributed by atoms with Gasteiger partial charge >= 0.3 is 0 Å². The molecule has 0 fully saturated rings. The molecule has 0 aliphatic heterocycles. The molecule has 1 N–H and O–H groups in total. The molecule has 1 atom stereocenters. The van der Waals surface area contributed by atoms with Crippen molar-refractivity contribution in [3.63, 3.8) is 0 Å². The van der Waals surface area contributed by atoms with Crippen LogP contribution >= 0.6 is 34.8 Å². The quantitative estimate of drug-likeness (QED) is 0.714. The normalized spacial score (nSPS) is 12.3. The Bertz CT molecular complexity index is 623. The van der Waals surface area contributed by atoms with Crippen molar-refractivity contribution < 1.29 is 8.78 Å². The van der Waals surface area contributed by atoms with Crippen LogP contribution in [0.2, 0.25) is 15.1 Å². The van der Waals surface area contributed by atoms with Crippen LogP contribution in [0, 0.1) is 11.6 Å². The third kappa shape index (κ3) is 3.35. The van der Waals surface area contributed by atoms with Crippen LogP contribution in [0.3, 0.4) is 0 Å². The van der Waals surface area contributed by atoms with E-state index >= 15 is 0 Å². The number of hydrogen-bond donors (Lipinski definition) is 1. The number of benzene rings is 2. The van der Waals surface area contributed by atoms with E-state index < -0.39 is 11.6 Å². The largest absolute Gasteiger partial charge is 0.376 e. The summed E-state index contributed by atoms with van der Waals surface area (Å²) < 4.78 is 26.2. The number of anilines is 1. The van der Waals surface area contributed by atoms with Crippen molar-refractivity contribution in [2.24, 2.45) is 0 Å². The summed E-state index contributed by atoms with van der Waals surface area (Å²) >= 11 is 17.6. The molecule has 2 rings (SSSR count). The first-order valence-corrected chi connectivity index (χ1v) is 6.88. The Morgan fingerprint density at radius 2 is 1.55 bits per heavy atom. The average molecular weight is 337 g/mol. The minimum Gasteiger partial charge on any atom is -0.376 e. The maximum Gasteiger partial charge on any atom is 0.141 e. The molecule has 0 saturated heterocycles. The zero-order chi connectivity index (χ0) is 14.9. The highest BCUT2D eigenvalue weighted by Gasteiger charge is 2.13. The molecule has 0 saturated carbocycles. The van der Waals surface area contributed by atoms with E-state index in [-0.39, 0.29) is 21.1 Å². The Morgan fingerprint density at radius 1 is 0.950 bits per heavy atom. The van der Waals surface area contributed by atoms with Crippen LogP contribution in [-0.2, 0) is 0 Å². The molecule has 2 aromatic carbocycles. The summed E-state index contributed by atoms with van der Waals surface area (Å²) in [6.07, 6.45) is 0. The highest BCUT2D eigenvalue weighted by atomic mass is 35.5. The van der Waals surface area contributed by atoms with E-state index in [1.807, 2.05) is 6.92 Å². The van der Waals surface area contributed by atoms with Crippen LogP contribution < -0.4 is 5.32 Å². The Hall–Kier alpha value is -1.03. The van der Waals surface area contributed by atoms with Crippen molar-refractivity contribution in [3.8, 4) is 0 Å². The molecule has 2 aromatic rings. The van der Waals surface area contributed by atoms with Crippen LogP contribution in [0.5, 0.6) is 0 Å². The summed E-state index contributed by atoms with van der Waals surface area (Å²) in [4.78, 5) is 0. The van der Waals surface area contributed by atoms with Crippen molar-refractivity contribution in [2.45, 2.75) is 13.0 Å². The van der Waals surface area contributed by atoms with Gasteiger partial charge in [-0.05, 0) is 36.8 Å². The second kappa shape index (κ2) is 6.17. The van der Waals surface area contributed by atoms with E-state index in [2.05, 4.69) is 5.32 Å². The minimum absolute atomic E-state index is 0.0347. The summed E-state index contributed by atoms with van der Waals surface area (Å²) in [5.41, 5.74) is 1.18. The van der Waals surface area contributed by atoms with Crippen molar-refractivity contribution in [1.29, 1.82) is 0 Å². The molecule has 0 spiro atoms. The highest BCUT2D eigenvalue weighted by Crippen LogP contribution is 2.34. The van der Waals surface area contributed by atoms with Crippen LogP contribution in [0.4, 0.5) is 14.5 Å². The molecule has 6 heteroatoms. The highest BCUT2D eigenvalue weighted by molar-refractivity contribution is 6.39. The van der Waals surface area contributed by atoms with Crippen LogP contribution in [0.25, 0.3) is 0 Å². The standard InChI is InChI=1S/C14H10Cl3F2N/c1-7(8-2-3-13(19)10(15)4-8)20-14-11(16)5-9(18)6-12(14)17/h2-7,20H,1H3. The van der Waals surface area contributed by atoms with Gasteiger partial charge in [-0.25, -0.2) is 8.78 Å². The molecule has 0 aliphatic rings. The monoisotopic (exact) mass is 335 g/mol. The van der Waals surface area contributed by atoms with Gasteiger partial charge in [0.05, 0.1) is 20.8 Å². The first-order chi connectivity index (χ1) is 9.38. The van der Waals surface area contributed by atoms with E-state index in [4.69, 9.17) is 34.8 Å². The summed E-state index contributed by atoms with van der Waals surface area (Å²) in [6.45, 7) is 1.83. The number of nitrogens with one attached hydrogen (secondary N) is 1. The molecule has 0 radical (unpaired) electrons. The van der Waals surface area contributed by atoms with Gasteiger partial charge in [0.2, 0.25) is 0 Å². The third-order valence-corrected chi connectivity index (χ3v) is 3.70. The van der Waals surface area contributed by atoms with Crippen LogP contribution in [-0.4, -0.2) is 0 Å². The topological polar surface area (TPSA) is 12.0 Å². The first kappa shape index (κ1) is 15.4. The number of rotatable bonds is 3. The SMILES string of the molecule is CC(Nc1c(Cl)cc(F)cc1Cl)c1ccc(F)c(Cl)c1. The Labute approximate surface area is 130 Å². The number of halogens is 5. The zero-order valence-electron chi connectivity index (χ0n) is 10.4. The molecule has 0 aromatic heterocycles. The van der Waals surface area contributed by atoms with E-state index in [1.54, 1.807) is 6.07 Å². The van der Waals surface area contributed by atoms with Crippen molar-refractivity contribution in [2.75, 3.05) is 5.32 Å². The predicted molar refractivity (Wildman–Crippen MR) is 79.9 cm³/mol. The molecule has 1 nitrogen and oxygen atoms in total. The lowest BCUT2D eigenvalue weighted by atomic mass is 10.1. The summed E-state index contributed by atoms with van der Waals surface area (Å²) in [6, 6.07) is 6.50. The van der Waals surface area contributed by atoms with Crippen molar-refractivity contribution in [3.05, 3.63) is 62.6 Å². The third-order valence-electron chi connectivity index (χ3n) is 2.81. The summed E-state index contributed by atoms with van der Waals surface area (Å²) in [5.74, 6) is -0.997. The van der Waals surface area contributed by atoms with E-state index in [0.717, 1.165) is 5.56 Å². The molecular weight excluding hydrogens is 327 g/mol. The van der Waals surface area contributed by atoms with Crippen molar-refractivity contribution in [1.82, 2.24) is 0 Å². The van der Waals surface area contributed by atoms with Gasteiger partial charge in [0.25, 0.3) is 0 Å². The summed E-state index contributed by atoms with van der Waals surface area (Å²) in [5, 5.41) is 3.44. The van der Waals surface area contributed by atoms with Crippen molar-refractivity contribution >= 4 is 40.5 Å². The van der Waals surface area contributed by atoms with E-state index in [1.165, 1.54) is 24.3 Å². The Kier molecular flexibility index (Phi) is 4.74. The molecule has 106 valence electrons.